The van der Waals surface area contributed by atoms with Gasteiger partial charge in [-0.05, 0) is 63.8 Å². The first-order valence-corrected chi connectivity index (χ1v) is 9.59. The Balaban J connectivity index is 0.00000225. The molecule has 2 aliphatic heterocycles. The van der Waals surface area contributed by atoms with E-state index in [4.69, 9.17) is 0 Å². The van der Waals surface area contributed by atoms with Gasteiger partial charge in [-0.25, -0.2) is 0 Å². The maximum absolute atomic E-state index is 12.7. The zero-order valence-electron chi connectivity index (χ0n) is 15.2. The molecule has 2 saturated heterocycles. The number of amides is 1. The second-order valence-electron chi connectivity index (χ2n) is 7.13. The molecule has 0 aromatic heterocycles. The second kappa shape index (κ2) is 10.8. The minimum absolute atomic E-state index is 0. The topological polar surface area (TPSA) is 35.6 Å². The molecule has 4 nitrogen and oxygen atoms in total. The van der Waals surface area contributed by atoms with Crippen LogP contribution in [0.3, 0.4) is 0 Å². The molecule has 1 N–H and O–H groups in total. The minimum Gasteiger partial charge on any atom is -0.341 e. The molecule has 0 radical (unpaired) electrons. The Morgan fingerprint density at radius 3 is 2.56 bits per heavy atom. The monoisotopic (exact) mass is 365 g/mol. The van der Waals surface area contributed by atoms with Gasteiger partial charge in [0.25, 0.3) is 0 Å². The Morgan fingerprint density at radius 1 is 1.04 bits per heavy atom. The van der Waals surface area contributed by atoms with Crippen molar-refractivity contribution >= 4 is 18.3 Å². The lowest BCUT2D eigenvalue weighted by Gasteiger charge is -2.29. The molecule has 3 rings (SSSR count). The number of carbonyl (C=O) groups is 1. The largest absolute Gasteiger partial charge is 0.341 e. The molecule has 0 aliphatic carbocycles. The minimum atomic E-state index is 0. The van der Waals surface area contributed by atoms with Crippen LogP contribution in [0.2, 0.25) is 0 Å². The van der Waals surface area contributed by atoms with Gasteiger partial charge in [-0.3, -0.25) is 4.79 Å². The molecule has 2 heterocycles. The molecule has 1 amide bonds. The lowest BCUT2D eigenvalue weighted by Crippen LogP contribution is -2.42. The summed E-state index contributed by atoms with van der Waals surface area (Å²) in [4.78, 5) is 17.4. The molecule has 0 bridgehead atoms. The average molecular weight is 366 g/mol. The van der Waals surface area contributed by atoms with Crippen molar-refractivity contribution in [1.82, 2.24) is 15.1 Å². The summed E-state index contributed by atoms with van der Waals surface area (Å²) >= 11 is 0. The van der Waals surface area contributed by atoms with Crippen molar-refractivity contribution in [3.05, 3.63) is 35.9 Å². The summed E-state index contributed by atoms with van der Waals surface area (Å²) in [6, 6.07) is 10.7. The summed E-state index contributed by atoms with van der Waals surface area (Å²) < 4.78 is 0. The van der Waals surface area contributed by atoms with Crippen LogP contribution in [0.25, 0.3) is 0 Å². The van der Waals surface area contributed by atoms with Crippen LogP contribution in [0.4, 0.5) is 0 Å². The van der Waals surface area contributed by atoms with Crippen molar-refractivity contribution < 1.29 is 4.79 Å². The van der Waals surface area contributed by atoms with Gasteiger partial charge < -0.3 is 15.1 Å². The van der Waals surface area contributed by atoms with Crippen LogP contribution >= 0.6 is 12.4 Å². The fourth-order valence-electron chi connectivity index (χ4n) is 3.89. The number of piperidine rings is 1. The molecule has 0 spiro atoms. The highest BCUT2D eigenvalue weighted by atomic mass is 35.5. The lowest BCUT2D eigenvalue weighted by molar-refractivity contribution is -0.136. The number of halogens is 1. The number of hydrogen-bond donors (Lipinski definition) is 1. The van der Waals surface area contributed by atoms with E-state index in [2.05, 4.69) is 45.4 Å². The molecule has 5 heteroatoms. The Hall–Kier alpha value is -1.10. The van der Waals surface area contributed by atoms with Crippen LogP contribution in [0.5, 0.6) is 0 Å². The van der Waals surface area contributed by atoms with E-state index in [0.29, 0.717) is 5.91 Å². The summed E-state index contributed by atoms with van der Waals surface area (Å²) in [5.41, 5.74) is 1.43. The van der Waals surface area contributed by atoms with E-state index in [1.165, 1.54) is 12.0 Å². The normalized spacial score (nSPS) is 19.9. The highest BCUT2D eigenvalue weighted by molar-refractivity contribution is 5.85. The molecular weight excluding hydrogens is 334 g/mol. The highest BCUT2D eigenvalue weighted by Gasteiger charge is 2.27. The predicted molar refractivity (Wildman–Crippen MR) is 105 cm³/mol. The molecule has 1 aromatic rings. The van der Waals surface area contributed by atoms with Gasteiger partial charge in [-0.2, -0.15) is 0 Å². The number of nitrogens with one attached hydrogen (secondary N) is 1. The third-order valence-electron chi connectivity index (χ3n) is 5.37. The molecule has 140 valence electrons. The molecule has 0 unspecified atom stereocenters. The van der Waals surface area contributed by atoms with Crippen LogP contribution < -0.4 is 5.32 Å². The number of aryl methyl sites for hydroxylation is 1. The highest BCUT2D eigenvalue weighted by Crippen LogP contribution is 2.17. The fraction of sp³-hybridized carbons (Fsp3) is 0.650. The maximum atomic E-state index is 12.7. The van der Waals surface area contributed by atoms with Crippen LogP contribution in [0.15, 0.2) is 30.3 Å². The van der Waals surface area contributed by atoms with Crippen molar-refractivity contribution in [3.8, 4) is 0 Å². The first-order chi connectivity index (χ1) is 11.8. The maximum Gasteiger partial charge on any atom is 0.225 e. The van der Waals surface area contributed by atoms with E-state index in [1.807, 2.05) is 0 Å². The van der Waals surface area contributed by atoms with E-state index < -0.39 is 0 Å². The van der Waals surface area contributed by atoms with E-state index in [9.17, 15) is 4.79 Å². The summed E-state index contributed by atoms with van der Waals surface area (Å²) in [5, 5.41) is 3.35. The van der Waals surface area contributed by atoms with E-state index >= 15 is 0 Å². The first-order valence-electron chi connectivity index (χ1n) is 9.59. The quantitative estimate of drug-likeness (QED) is 0.871. The number of benzene rings is 1. The standard InChI is InChI=1S/C20H31N3O.ClH/c24-20(19-9-11-21-12-10-19)23-15-5-14-22(16-17-23)13-4-8-18-6-2-1-3-7-18;/h1-3,6-7,19,21H,4-5,8-17H2;1H. The molecule has 25 heavy (non-hydrogen) atoms. The van der Waals surface area contributed by atoms with Gasteiger partial charge in [0, 0.05) is 25.6 Å². The summed E-state index contributed by atoms with van der Waals surface area (Å²) in [6.45, 7) is 7.15. The van der Waals surface area contributed by atoms with Gasteiger partial charge in [-0.1, -0.05) is 30.3 Å². The Kier molecular flexibility index (Phi) is 8.73. The molecular formula is C20H32ClN3O. The number of carbonyl (C=O) groups excluding carboxylic acids is 1. The Bertz CT molecular complexity index is 505. The van der Waals surface area contributed by atoms with Crippen molar-refractivity contribution in [2.45, 2.75) is 32.1 Å². The van der Waals surface area contributed by atoms with Crippen molar-refractivity contribution in [2.75, 3.05) is 45.8 Å². The van der Waals surface area contributed by atoms with Crippen molar-refractivity contribution in [2.24, 2.45) is 5.92 Å². The predicted octanol–water partition coefficient (Wildman–Crippen LogP) is 2.57. The number of nitrogens with zero attached hydrogens (tertiary/aromatic N) is 2. The van der Waals surface area contributed by atoms with Gasteiger partial charge in [0.15, 0.2) is 0 Å². The molecule has 2 aliphatic rings. The van der Waals surface area contributed by atoms with Gasteiger partial charge in [-0.15, -0.1) is 12.4 Å². The van der Waals surface area contributed by atoms with Gasteiger partial charge in [0.05, 0.1) is 0 Å². The molecule has 2 fully saturated rings. The lowest BCUT2D eigenvalue weighted by atomic mass is 9.96. The fourth-order valence-corrected chi connectivity index (χ4v) is 3.89. The molecule has 0 saturated carbocycles. The van der Waals surface area contributed by atoms with E-state index in [1.54, 1.807) is 0 Å². The molecule has 0 atom stereocenters. The Morgan fingerprint density at radius 2 is 1.80 bits per heavy atom. The third kappa shape index (κ3) is 6.28. The van der Waals surface area contributed by atoms with Crippen LogP contribution in [-0.4, -0.2) is 61.5 Å². The average Bonchev–Trinajstić information content (AvgIpc) is 2.88. The smallest absolute Gasteiger partial charge is 0.225 e. The van der Waals surface area contributed by atoms with Gasteiger partial charge in [0.1, 0.15) is 0 Å². The SMILES string of the molecule is Cl.O=C(C1CCNCC1)N1CCCN(CCCc2ccccc2)CC1. The van der Waals surface area contributed by atoms with Crippen LogP contribution in [0.1, 0.15) is 31.2 Å². The van der Waals surface area contributed by atoms with Gasteiger partial charge >= 0.3 is 0 Å². The van der Waals surface area contributed by atoms with Crippen molar-refractivity contribution in [1.29, 1.82) is 0 Å². The third-order valence-corrected chi connectivity index (χ3v) is 5.37. The first kappa shape index (κ1) is 20.2. The zero-order chi connectivity index (χ0) is 16.6. The molecule has 1 aromatic carbocycles. The van der Waals surface area contributed by atoms with Crippen LogP contribution in [-0.2, 0) is 11.2 Å². The van der Waals surface area contributed by atoms with Gasteiger partial charge in [0.2, 0.25) is 5.91 Å². The number of hydrogen-bond acceptors (Lipinski definition) is 3. The van der Waals surface area contributed by atoms with E-state index in [-0.39, 0.29) is 18.3 Å². The summed E-state index contributed by atoms with van der Waals surface area (Å²) in [7, 11) is 0. The summed E-state index contributed by atoms with van der Waals surface area (Å²) in [5.74, 6) is 0.665. The van der Waals surface area contributed by atoms with E-state index in [0.717, 1.165) is 71.5 Å². The second-order valence-corrected chi connectivity index (χ2v) is 7.13. The number of rotatable bonds is 5. The summed E-state index contributed by atoms with van der Waals surface area (Å²) in [6.07, 6.45) is 5.48. The van der Waals surface area contributed by atoms with Crippen molar-refractivity contribution in [3.63, 3.8) is 0 Å². The zero-order valence-corrected chi connectivity index (χ0v) is 16.0. The Labute approximate surface area is 158 Å². The van der Waals surface area contributed by atoms with Crippen LogP contribution in [0, 0.1) is 5.92 Å².